The number of benzene rings is 1. The van der Waals surface area contributed by atoms with Gasteiger partial charge in [0.25, 0.3) is 0 Å². The van der Waals surface area contributed by atoms with E-state index in [0.29, 0.717) is 11.7 Å². The fourth-order valence-corrected chi connectivity index (χ4v) is 2.66. The van der Waals surface area contributed by atoms with Crippen LogP contribution in [0.4, 0.5) is 5.69 Å². The molecule has 0 amide bonds. The number of aliphatic hydroxyl groups is 1. The van der Waals surface area contributed by atoms with Crippen LogP contribution in [0.2, 0.25) is 0 Å². The molecular weight excluding hydrogens is 340 g/mol. The Kier molecular flexibility index (Phi) is 7.30. The van der Waals surface area contributed by atoms with E-state index >= 15 is 0 Å². The Morgan fingerprint density at radius 1 is 1.15 bits per heavy atom. The third-order valence-electron chi connectivity index (χ3n) is 4.32. The number of hydrogen-bond donors (Lipinski definition) is 3. The van der Waals surface area contributed by atoms with Gasteiger partial charge in [-0.05, 0) is 57.0 Å². The molecule has 0 aliphatic carbocycles. The van der Waals surface area contributed by atoms with E-state index in [0.717, 1.165) is 25.3 Å². The third kappa shape index (κ3) is 6.32. The van der Waals surface area contributed by atoms with Gasteiger partial charge < -0.3 is 25.1 Å². The molecule has 0 saturated carbocycles. The fourth-order valence-electron chi connectivity index (χ4n) is 2.66. The highest BCUT2D eigenvalue weighted by molar-refractivity contribution is 5.79. The van der Waals surface area contributed by atoms with E-state index in [1.54, 1.807) is 13.0 Å². The molecule has 2 aromatic rings. The van der Waals surface area contributed by atoms with Crippen LogP contribution in [0.1, 0.15) is 30.9 Å². The van der Waals surface area contributed by atoms with E-state index in [2.05, 4.69) is 44.8 Å². The van der Waals surface area contributed by atoms with E-state index in [1.165, 1.54) is 11.3 Å². The number of hydrogen-bond acceptors (Lipinski definition) is 4. The number of aliphatic imine (C=N–C) groups is 1. The number of anilines is 1. The second kappa shape index (κ2) is 9.46. The minimum absolute atomic E-state index is 0.215. The summed E-state index contributed by atoms with van der Waals surface area (Å²) in [7, 11) is 4.07. The second-order valence-corrected chi connectivity index (χ2v) is 7.12. The van der Waals surface area contributed by atoms with Crippen molar-refractivity contribution in [2.75, 3.05) is 38.6 Å². The maximum atomic E-state index is 10.6. The van der Waals surface area contributed by atoms with Crippen molar-refractivity contribution in [1.82, 2.24) is 10.6 Å². The minimum atomic E-state index is -1.14. The normalized spacial score (nSPS) is 13.9. The van der Waals surface area contributed by atoms with Gasteiger partial charge >= 0.3 is 0 Å². The van der Waals surface area contributed by atoms with Gasteiger partial charge in [0.2, 0.25) is 0 Å². The molecule has 1 aromatic heterocycles. The maximum absolute atomic E-state index is 10.6. The Morgan fingerprint density at radius 2 is 1.85 bits per heavy atom. The highest BCUT2D eigenvalue weighted by atomic mass is 16.4. The van der Waals surface area contributed by atoms with E-state index in [1.807, 2.05) is 34.0 Å². The predicted octanol–water partition coefficient (Wildman–Crippen LogP) is 2.66. The predicted molar refractivity (Wildman–Crippen MR) is 111 cm³/mol. The van der Waals surface area contributed by atoms with Crippen LogP contribution >= 0.6 is 0 Å². The summed E-state index contributed by atoms with van der Waals surface area (Å²) in [5, 5.41) is 17.2. The summed E-state index contributed by atoms with van der Waals surface area (Å²) >= 11 is 0. The van der Waals surface area contributed by atoms with E-state index < -0.39 is 5.60 Å². The van der Waals surface area contributed by atoms with Gasteiger partial charge in [0.05, 0.1) is 6.54 Å². The van der Waals surface area contributed by atoms with Crippen LogP contribution in [0.25, 0.3) is 0 Å². The quantitative estimate of drug-likeness (QED) is 0.491. The smallest absolute Gasteiger partial charge is 0.191 e. The SMILES string of the molecule is CCNC(=NCC(C)(O)c1ccc(C)o1)NCCc1ccc(N(C)C)cc1. The van der Waals surface area contributed by atoms with Crippen molar-refractivity contribution in [1.29, 1.82) is 0 Å². The molecule has 148 valence electrons. The van der Waals surface area contributed by atoms with Gasteiger partial charge in [0.1, 0.15) is 17.1 Å². The van der Waals surface area contributed by atoms with Crippen LogP contribution < -0.4 is 15.5 Å². The molecule has 6 heteroatoms. The molecule has 1 aromatic carbocycles. The van der Waals surface area contributed by atoms with Crippen LogP contribution in [-0.4, -0.2) is 44.8 Å². The van der Waals surface area contributed by atoms with Crippen molar-refractivity contribution in [3.05, 3.63) is 53.5 Å². The molecule has 0 fully saturated rings. The molecule has 2 rings (SSSR count). The highest BCUT2D eigenvalue weighted by Gasteiger charge is 2.26. The molecule has 0 aliphatic heterocycles. The first-order chi connectivity index (χ1) is 12.8. The molecule has 3 N–H and O–H groups in total. The van der Waals surface area contributed by atoms with Gasteiger partial charge in [0.15, 0.2) is 5.96 Å². The van der Waals surface area contributed by atoms with Crippen molar-refractivity contribution in [3.63, 3.8) is 0 Å². The van der Waals surface area contributed by atoms with E-state index in [-0.39, 0.29) is 6.54 Å². The Bertz CT molecular complexity index is 733. The molecule has 0 saturated heterocycles. The van der Waals surface area contributed by atoms with Crippen molar-refractivity contribution in [3.8, 4) is 0 Å². The molecule has 6 nitrogen and oxygen atoms in total. The lowest BCUT2D eigenvalue weighted by molar-refractivity contribution is 0.0428. The first-order valence-corrected chi connectivity index (χ1v) is 9.39. The molecule has 1 heterocycles. The zero-order valence-electron chi connectivity index (χ0n) is 17.0. The lowest BCUT2D eigenvalue weighted by atomic mass is 10.0. The van der Waals surface area contributed by atoms with Gasteiger partial charge in [-0.15, -0.1) is 0 Å². The Morgan fingerprint density at radius 3 is 2.41 bits per heavy atom. The van der Waals surface area contributed by atoms with Crippen molar-refractivity contribution in [2.45, 2.75) is 32.8 Å². The summed E-state index contributed by atoms with van der Waals surface area (Å²) in [6.07, 6.45) is 0.895. The standard InChI is InChI=1S/C21H32N4O2/c1-6-22-20(24-15-21(3,26)19-12-7-16(2)27-19)23-14-13-17-8-10-18(11-9-17)25(4)5/h7-12,26H,6,13-15H2,1-5H3,(H2,22,23,24). The number of nitrogens with one attached hydrogen (secondary N) is 2. The first kappa shape index (κ1) is 20.8. The lowest BCUT2D eigenvalue weighted by Gasteiger charge is -2.19. The van der Waals surface area contributed by atoms with Gasteiger partial charge in [-0.2, -0.15) is 0 Å². The molecule has 1 unspecified atom stereocenters. The topological polar surface area (TPSA) is 73.0 Å². The molecule has 0 radical (unpaired) electrons. The number of furan rings is 1. The van der Waals surface area contributed by atoms with Crippen LogP contribution in [0, 0.1) is 6.92 Å². The lowest BCUT2D eigenvalue weighted by Crippen LogP contribution is -2.39. The minimum Gasteiger partial charge on any atom is -0.463 e. The second-order valence-electron chi connectivity index (χ2n) is 7.12. The van der Waals surface area contributed by atoms with Crippen LogP contribution in [0.15, 0.2) is 45.8 Å². The van der Waals surface area contributed by atoms with Gasteiger partial charge in [-0.25, -0.2) is 4.99 Å². The molecule has 0 aliphatic rings. The zero-order valence-corrected chi connectivity index (χ0v) is 17.0. The van der Waals surface area contributed by atoms with Gasteiger partial charge in [-0.1, -0.05) is 12.1 Å². The van der Waals surface area contributed by atoms with Crippen molar-refractivity contribution < 1.29 is 9.52 Å². The zero-order chi connectivity index (χ0) is 19.9. The van der Waals surface area contributed by atoms with Crippen LogP contribution in [0.5, 0.6) is 0 Å². The molecule has 0 spiro atoms. The first-order valence-electron chi connectivity index (χ1n) is 9.39. The molecule has 0 bridgehead atoms. The largest absolute Gasteiger partial charge is 0.463 e. The van der Waals surface area contributed by atoms with Gasteiger partial charge in [0, 0.05) is 32.9 Å². The average Bonchev–Trinajstić information content (AvgIpc) is 3.07. The van der Waals surface area contributed by atoms with Gasteiger partial charge in [-0.3, -0.25) is 0 Å². The Hall–Kier alpha value is -2.47. The maximum Gasteiger partial charge on any atom is 0.191 e. The number of nitrogens with zero attached hydrogens (tertiary/aromatic N) is 2. The third-order valence-corrected chi connectivity index (χ3v) is 4.32. The fraction of sp³-hybridized carbons (Fsp3) is 0.476. The number of aryl methyl sites for hydroxylation is 1. The summed E-state index contributed by atoms with van der Waals surface area (Å²) in [6, 6.07) is 12.2. The van der Waals surface area contributed by atoms with Crippen molar-refractivity contribution >= 4 is 11.6 Å². The molecular formula is C21H32N4O2. The molecule has 27 heavy (non-hydrogen) atoms. The van der Waals surface area contributed by atoms with Crippen LogP contribution in [-0.2, 0) is 12.0 Å². The Labute approximate surface area is 162 Å². The van der Waals surface area contributed by atoms with Crippen molar-refractivity contribution in [2.24, 2.45) is 4.99 Å². The average molecular weight is 373 g/mol. The molecule has 1 atom stereocenters. The summed E-state index contributed by atoms with van der Waals surface area (Å²) in [5.41, 5.74) is 1.32. The summed E-state index contributed by atoms with van der Waals surface area (Å²) < 4.78 is 5.54. The summed E-state index contributed by atoms with van der Waals surface area (Å²) in [6.45, 7) is 7.32. The summed E-state index contributed by atoms with van der Waals surface area (Å²) in [4.78, 5) is 6.60. The monoisotopic (exact) mass is 372 g/mol. The van der Waals surface area contributed by atoms with E-state index in [9.17, 15) is 5.11 Å². The van der Waals surface area contributed by atoms with Crippen LogP contribution in [0.3, 0.4) is 0 Å². The summed E-state index contributed by atoms with van der Waals surface area (Å²) in [5.74, 6) is 1.99. The number of rotatable bonds is 8. The van der Waals surface area contributed by atoms with E-state index in [4.69, 9.17) is 4.42 Å². The number of guanidine groups is 1. The highest BCUT2D eigenvalue weighted by Crippen LogP contribution is 2.23. The Balaban J connectivity index is 1.91.